The molecule has 10 fully saturated rings. The van der Waals surface area contributed by atoms with Gasteiger partial charge in [-0.25, -0.2) is 4.79 Å². The number of benzene rings is 1. The Labute approximate surface area is 558 Å². The molecule has 1 unspecified atom stereocenters. The minimum absolute atomic E-state index is 0.00581. The van der Waals surface area contributed by atoms with Crippen molar-refractivity contribution in [1.29, 1.82) is 0 Å². The molecule has 95 heavy (non-hydrogen) atoms. The lowest BCUT2D eigenvalue weighted by Crippen LogP contribution is -2.72. The third kappa shape index (κ3) is 13.5. The quantitative estimate of drug-likeness (QED) is 0.100. The first-order valence-corrected chi connectivity index (χ1v) is 32.6. The van der Waals surface area contributed by atoms with Gasteiger partial charge in [-0.3, -0.25) is 4.79 Å². The van der Waals surface area contributed by atoms with Gasteiger partial charge in [-0.2, -0.15) is 0 Å². The van der Waals surface area contributed by atoms with Crippen molar-refractivity contribution >= 4 is 35.1 Å². The predicted molar refractivity (Wildman–Crippen MR) is 314 cm³/mol. The molecule has 0 saturated carbocycles. The topological polar surface area (TPSA) is 388 Å². The summed E-state index contributed by atoms with van der Waals surface area (Å²) in [6.07, 6.45) is -33.7. The second-order valence-corrected chi connectivity index (χ2v) is 27.2. The zero-order valence-electron chi connectivity index (χ0n) is 55.1. The Bertz CT molecular complexity index is 2840. The Morgan fingerprint density at radius 1 is 0.653 bits per heavy atom. The van der Waals surface area contributed by atoms with Gasteiger partial charge in [0.2, 0.25) is 6.29 Å². The average Bonchev–Trinajstić information content (AvgIpc) is 1.59. The number of phenols is 1. The van der Waals surface area contributed by atoms with E-state index < -0.39 is 219 Å². The molecule has 10 aliphatic rings. The SMILES string of the molecule is COC[C@H]1O[C@@H](O[C@@H]2OC[C@@H]3O[C@@]4(OC(C)[C@@](O)([C@H](C)O)[C@@H]5OCO[C@H]54)O[C@H]3[C@H]2OC(=O)C(C)C)[C@@H](OC)[C@@H](O)[C@@H]1O[C@@H]1O[C@H](C)[C@H](OC)[C@H](O[C@H]2C[C@@]3(C)O[C@@]4(C[C@@H](O)[C@H](O[C@H]5C[C@@H](O)[C@H](OC(=O)c6c(C)c(Cl)c(O)c(Cl)c6OC)[C@@H](C)O5)[C@@H](C)O4)O[C@@H]3[C@@H](C)O2)[C@H]1O. The fourth-order valence-electron chi connectivity index (χ4n) is 14.7. The van der Waals surface area contributed by atoms with Crippen LogP contribution in [0.25, 0.3) is 0 Å². The lowest BCUT2D eigenvalue weighted by atomic mass is 9.80. The van der Waals surface area contributed by atoms with E-state index in [1.54, 1.807) is 48.5 Å². The summed E-state index contributed by atoms with van der Waals surface area (Å²) in [6.45, 7) is 15.4. The second-order valence-electron chi connectivity index (χ2n) is 26.4. The van der Waals surface area contributed by atoms with Crippen molar-refractivity contribution in [3.8, 4) is 11.5 Å². The standard InChI is InChI=1S/C61H90Cl2O32/c1-21(2)53(70)87-49-45-32(92-61(93-45)52-51(78-20-79-52)60(72,27(8)64)28(9)91-61)19-77-56(49)89-57-48(76-14)39(68)44(31(83-57)18-73-11)88-55-40(69)47(43(74-12)24(5)82-55)85-34-17-58(10)50(26(7)81-34)94-59(95-58)16-30(66)42(25(6)90-59)84-33-15-29(65)41(23(4)80-33)86-54(71)35-22(3)36(62)38(67)37(63)46(35)75-13/h21,23-34,39-45,47-52,55-57,64-69,72H,15-20H2,1-14H3/t23-,24-,25-,26-,27+,28?,29-,30-,31-,32+,33+,34+,39+,40-,41-,42-,43+,44-,45-,47-,48+,49-,50-,51-,52-,55+,56+,57+,58-,59-,60+,61-/m1/s1. The van der Waals surface area contributed by atoms with Crippen molar-refractivity contribution < 1.29 is 154 Å². The Morgan fingerprint density at radius 2 is 1.34 bits per heavy atom. The van der Waals surface area contributed by atoms with E-state index in [-0.39, 0.29) is 66.2 Å². The van der Waals surface area contributed by atoms with Crippen LogP contribution in [-0.2, 0) is 109 Å². The Balaban J connectivity index is 0.722. The smallest absolute Gasteiger partial charge is 0.342 e. The third-order valence-corrected chi connectivity index (χ3v) is 20.4. The highest BCUT2D eigenvalue weighted by Crippen LogP contribution is 2.53. The number of carbonyl (C=O) groups excluding carboxylic acids is 2. The summed E-state index contributed by atoms with van der Waals surface area (Å²) in [7, 11) is 5.37. The van der Waals surface area contributed by atoms with E-state index in [0.29, 0.717) is 0 Å². The number of aliphatic hydroxyl groups excluding tert-OH is 5. The van der Waals surface area contributed by atoms with Gasteiger partial charge in [0.15, 0.2) is 55.0 Å². The number of phenolic OH excluding ortho intramolecular Hbond substituents is 1. The van der Waals surface area contributed by atoms with Crippen LogP contribution in [0.15, 0.2) is 0 Å². The fraction of sp³-hybridized carbons (Fsp3) is 0.869. The van der Waals surface area contributed by atoms with Gasteiger partial charge in [0, 0.05) is 34.2 Å². The molecule has 1 aromatic carbocycles. The zero-order valence-corrected chi connectivity index (χ0v) is 56.6. The number of halogens is 2. The third-order valence-electron chi connectivity index (χ3n) is 19.5. The Hall–Kier alpha value is -2.70. The summed E-state index contributed by atoms with van der Waals surface area (Å²) < 4.78 is 142. The molecule has 10 saturated heterocycles. The van der Waals surface area contributed by atoms with Crippen LogP contribution in [0.3, 0.4) is 0 Å². The second kappa shape index (κ2) is 28.6. The van der Waals surface area contributed by atoms with Crippen LogP contribution < -0.4 is 4.74 Å². The highest BCUT2D eigenvalue weighted by molar-refractivity contribution is 6.39. The summed E-state index contributed by atoms with van der Waals surface area (Å²) in [5, 5.41) is 79.9. The Kier molecular flexibility index (Phi) is 22.1. The summed E-state index contributed by atoms with van der Waals surface area (Å²) >= 11 is 12.5. The van der Waals surface area contributed by atoms with Gasteiger partial charge in [-0.1, -0.05) is 37.0 Å². The monoisotopic (exact) mass is 1400 g/mol. The average molecular weight is 1410 g/mol. The van der Waals surface area contributed by atoms with E-state index in [1.807, 2.05) is 0 Å². The number of methoxy groups -OCH3 is 4. The number of ether oxygens (including phenoxy) is 23. The van der Waals surface area contributed by atoms with Crippen molar-refractivity contribution in [2.75, 3.05) is 48.4 Å². The van der Waals surface area contributed by atoms with Crippen LogP contribution in [0.4, 0.5) is 0 Å². The molecular weight excluding hydrogens is 1320 g/mol. The van der Waals surface area contributed by atoms with Crippen LogP contribution >= 0.6 is 23.2 Å². The summed E-state index contributed by atoms with van der Waals surface area (Å²) in [4.78, 5) is 27.0. The van der Waals surface area contributed by atoms with Gasteiger partial charge >= 0.3 is 17.9 Å². The van der Waals surface area contributed by atoms with E-state index in [4.69, 9.17) is 132 Å². The zero-order chi connectivity index (χ0) is 68.9. The van der Waals surface area contributed by atoms with E-state index >= 15 is 0 Å². The number of esters is 2. The van der Waals surface area contributed by atoms with Crippen molar-refractivity contribution in [1.82, 2.24) is 0 Å². The van der Waals surface area contributed by atoms with Crippen LogP contribution in [0.2, 0.25) is 10.0 Å². The van der Waals surface area contributed by atoms with Crippen LogP contribution in [-0.4, -0.2) is 291 Å². The van der Waals surface area contributed by atoms with Crippen LogP contribution in [0, 0.1) is 12.8 Å². The molecule has 0 bridgehead atoms. The molecule has 32 atom stereocenters. The van der Waals surface area contributed by atoms with Crippen molar-refractivity contribution in [2.24, 2.45) is 5.92 Å². The van der Waals surface area contributed by atoms with Crippen LogP contribution in [0.5, 0.6) is 11.5 Å². The molecule has 0 amide bonds. The maximum atomic E-state index is 13.6. The molecule has 32 nitrogen and oxygen atoms in total. The number of fused-ring (bicyclic) bond motifs is 4. The molecule has 2 spiro atoms. The molecule has 10 heterocycles. The van der Waals surface area contributed by atoms with Gasteiger partial charge in [0.25, 0.3) is 5.97 Å². The minimum Gasteiger partial charge on any atom is -0.505 e. The molecule has 11 rings (SSSR count). The molecule has 0 aromatic heterocycles. The summed E-state index contributed by atoms with van der Waals surface area (Å²) in [6, 6.07) is 0. The maximum Gasteiger partial charge on any atom is 0.342 e. The summed E-state index contributed by atoms with van der Waals surface area (Å²) in [5.74, 6) is -6.71. The van der Waals surface area contributed by atoms with E-state index in [1.165, 1.54) is 49.2 Å². The molecule has 10 aliphatic heterocycles. The normalized spacial score (nSPS) is 47.7. The number of carbonyl (C=O) groups is 2. The fourth-order valence-corrected chi connectivity index (χ4v) is 15.2. The number of aliphatic hydroxyl groups is 6. The van der Waals surface area contributed by atoms with Gasteiger partial charge in [-0.15, -0.1) is 0 Å². The van der Waals surface area contributed by atoms with E-state index in [0.717, 1.165) is 0 Å². The lowest BCUT2D eigenvalue weighted by Gasteiger charge is -2.51. The molecule has 0 radical (unpaired) electrons. The molecule has 34 heteroatoms. The van der Waals surface area contributed by atoms with Crippen molar-refractivity contribution in [3.05, 3.63) is 21.2 Å². The number of hydrogen-bond donors (Lipinski definition) is 7. The van der Waals surface area contributed by atoms with E-state index in [2.05, 4.69) is 0 Å². The van der Waals surface area contributed by atoms with Crippen LogP contribution in [0.1, 0.15) is 97.5 Å². The highest BCUT2D eigenvalue weighted by Gasteiger charge is 2.73. The molecule has 540 valence electrons. The van der Waals surface area contributed by atoms with Crippen molar-refractivity contribution in [3.63, 3.8) is 0 Å². The van der Waals surface area contributed by atoms with Gasteiger partial charge < -0.3 is 145 Å². The molecule has 1 aromatic rings. The molecule has 7 N–H and O–H groups in total. The maximum absolute atomic E-state index is 13.6. The van der Waals surface area contributed by atoms with Gasteiger partial charge in [0.05, 0.1) is 86.5 Å². The number of hydrogen-bond acceptors (Lipinski definition) is 32. The molecular formula is C61H90Cl2O32. The minimum atomic E-state index is -2.03. The Morgan fingerprint density at radius 3 is 1.99 bits per heavy atom. The first-order valence-electron chi connectivity index (χ1n) is 31.9. The first kappa shape index (κ1) is 73.5. The lowest BCUT2D eigenvalue weighted by molar-refractivity contribution is -0.439. The van der Waals surface area contributed by atoms with E-state index in [9.17, 15) is 45.3 Å². The largest absolute Gasteiger partial charge is 0.505 e. The number of aromatic hydroxyl groups is 1. The van der Waals surface area contributed by atoms with Gasteiger partial charge in [0.1, 0.15) is 102 Å². The molecule has 0 aliphatic carbocycles. The first-order chi connectivity index (χ1) is 44.9. The van der Waals surface area contributed by atoms with Crippen molar-refractivity contribution in [2.45, 2.75) is 283 Å². The summed E-state index contributed by atoms with van der Waals surface area (Å²) in [5.41, 5.74) is -3.14. The predicted octanol–water partition coefficient (Wildman–Crippen LogP) is 0.844. The highest BCUT2D eigenvalue weighted by atomic mass is 35.5. The van der Waals surface area contributed by atoms with Gasteiger partial charge in [-0.05, 0) is 61.0 Å². The number of rotatable bonds is 18.